The van der Waals surface area contributed by atoms with Crippen LogP contribution in [0.25, 0.3) is 11.0 Å². The summed E-state index contributed by atoms with van der Waals surface area (Å²) in [5.74, 6) is 1.80. The van der Waals surface area contributed by atoms with Gasteiger partial charge in [0, 0.05) is 6.54 Å². The zero-order valence-electron chi connectivity index (χ0n) is 22.4. The van der Waals surface area contributed by atoms with Crippen LogP contribution in [0.3, 0.4) is 0 Å². The second-order valence-corrected chi connectivity index (χ2v) is 10.3. The average Bonchev–Trinajstić information content (AvgIpc) is 3.51. The van der Waals surface area contributed by atoms with Gasteiger partial charge in [0.2, 0.25) is 12.6 Å². The van der Waals surface area contributed by atoms with Crippen LogP contribution in [0.5, 0.6) is 17.2 Å². The van der Waals surface area contributed by atoms with Crippen molar-refractivity contribution in [3.05, 3.63) is 98.4 Å². The highest BCUT2D eigenvalue weighted by atomic mass is 16.7. The van der Waals surface area contributed by atoms with Crippen molar-refractivity contribution in [3.63, 3.8) is 0 Å². The lowest BCUT2D eigenvalue weighted by atomic mass is 9.97. The van der Waals surface area contributed by atoms with E-state index in [0.717, 1.165) is 41.5 Å². The van der Waals surface area contributed by atoms with E-state index in [4.69, 9.17) is 18.6 Å². The summed E-state index contributed by atoms with van der Waals surface area (Å²) in [4.78, 5) is 29.6. The van der Waals surface area contributed by atoms with Gasteiger partial charge in [0.1, 0.15) is 11.3 Å². The lowest BCUT2D eigenvalue weighted by molar-refractivity contribution is 0.0714. The number of benzene rings is 3. The van der Waals surface area contributed by atoms with Crippen LogP contribution in [0.4, 0.5) is 0 Å². The summed E-state index contributed by atoms with van der Waals surface area (Å²) in [6.07, 6.45) is 3.18. The standard InChI is InChI=1S/C32H31NO6/c1-4-5-6-12-36-23-9-7-8-22(16-23)29-28-30(34)24-13-19(2)20(3)14-26(24)39-31(28)32(35)33(29)17-21-10-11-25-27(15-21)38-18-37-25/h7-11,13-16,29H,4-6,12,17-18H2,1-3H3. The summed E-state index contributed by atoms with van der Waals surface area (Å²) in [5, 5.41) is 0.478. The zero-order chi connectivity index (χ0) is 27.1. The van der Waals surface area contributed by atoms with Gasteiger partial charge in [-0.25, -0.2) is 0 Å². The Morgan fingerprint density at radius 3 is 2.62 bits per heavy atom. The number of ether oxygens (including phenoxy) is 3. The fourth-order valence-corrected chi connectivity index (χ4v) is 5.34. The number of nitrogens with zero attached hydrogens (tertiary/aromatic N) is 1. The van der Waals surface area contributed by atoms with Gasteiger partial charge in [-0.2, -0.15) is 0 Å². The van der Waals surface area contributed by atoms with E-state index < -0.39 is 6.04 Å². The van der Waals surface area contributed by atoms with Crippen LogP contribution in [0.15, 0.2) is 63.8 Å². The van der Waals surface area contributed by atoms with Crippen molar-refractivity contribution >= 4 is 16.9 Å². The first-order chi connectivity index (χ1) is 18.9. The summed E-state index contributed by atoms with van der Waals surface area (Å²) >= 11 is 0. The van der Waals surface area contributed by atoms with Crippen LogP contribution in [0.2, 0.25) is 0 Å². The molecule has 3 aromatic carbocycles. The maximum Gasteiger partial charge on any atom is 0.291 e. The first kappa shape index (κ1) is 25.0. The Morgan fingerprint density at radius 2 is 1.77 bits per heavy atom. The average molecular weight is 526 g/mol. The number of rotatable bonds is 8. The van der Waals surface area contributed by atoms with Crippen molar-refractivity contribution in [3.8, 4) is 17.2 Å². The summed E-state index contributed by atoms with van der Waals surface area (Å²) in [6, 6.07) is 16.4. The number of carbonyl (C=O) groups excluding carboxylic acids is 1. The van der Waals surface area contributed by atoms with Gasteiger partial charge in [-0.3, -0.25) is 9.59 Å². The first-order valence-corrected chi connectivity index (χ1v) is 13.4. The predicted octanol–water partition coefficient (Wildman–Crippen LogP) is 6.45. The largest absolute Gasteiger partial charge is 0.494 e. The lowest BCUT2D eigenvalue weighted by Crippen LogP contribution is -2.29. The molecule has 6 rings (SSSR count). The molecular formula is C32H31NO6. The van der Waals surface area contributed by atoms with Gasteiger partial charge in [-0.1, -0.05) is 38.0 Å². The fourth-order valence-electron chi connectivity index (χ4n) is 5.34. The molecule has 7 heteroatoms. The van der Waals surface area contributed by atoms with Gasteiger partial charge in [-0.15, -0.1) is 0 Å². The molecule has 7 nitrogen and oxygen atoms in total. The van der Waals surface area contributed by atoms with E-state index in [9.17, 15) is 9.59 Å². The Balaban J connectivity index is 1.45. The third-order valence-electron chi connectivity index (χ3n) is 7.56. The normalized spacial score (nSPS) is 15.7. The first-order valence-electron chi connectivity index (χ1n) is 13.4. The van der Waals surface area contributed by atoms with Crippen molar-refractivity contribution in [1.29, 1.82) is 0 Å². The minimum Gasteiger partial charge on any atom is -0.494 e. The number of unbranched alkanes of at least 4 members (excludes halogenated alkanes) is 2. The highest BCUT2D eigenvalue weighted by Gasteiger charge is 2.43. The summed E-state index contributed by atoms with van der Waals surface area (Å²) in [6.45, 7) is 7.13. The molecule has 200 valence electrons. The molecule has 0 bridgehead atoms. The molecule has 1 unspecified atom stereocenters. The van der Waals surface area contributed by atoms with Crippen molar-refractivity contribution in [2.24, 2.45) is 0 Å². The second-order valence-electron chi connectivity index (χ2n) is 10.3. The molecule has 1 atom stereocenters. The Bertz CT molecular complexity index is 1640. The van der Waals surface area contributed by atoms with Crippen LogP contribution in [0, 0.1) is 13.8 Å². The van der Waals surface area contributed by atoms with Crippen molar-refractivity contribution in [1.82, 2.24) is 4.90 Å². The second kappa shape index (κ2) is 10.1. The van der Waals surface area contributed by atoms with E-state index >= 15 is 0 Å². The molecular weight excluding hydrogens is 494 g/mol. The zero-order valence-corrected chi connectivity index (χ0v) is 22.4. The fraction of sp³-hybridized carbons (Fsp3) is 0.312. The molecule has 0 N–H and O–H groups in total. The monoisotopic (exact) mass is 525 g/mol. The van der Waals surface area contributed by atoms with Crippen molar-refractivity contribution in [2.75, 3.05) is 13.4 Å². The highest BCUT2D eigenvalue weighted by molar-refractivity contribution is 5.99. The van der Waals surface area contributed by atoms with E-state index in [0.29, 0.717) is 40.4 Å². The SMILES string of the molecule is CCCCCOc1cccc(C2c3c(oc4cc(C)c(C)cc4c3=O)C(=O)N2Cc2ccc3c(c2)OCO3)c1. The van der Waals surface area contributed by atoms with Gasteiger partial charge < -0.3 is 23.5 Å². The minimum absolute atomic E-state index is 0.0933. The molecule has 0 spiro atoms. The Morgan fingerprint density at radius 1 is 0.949 bits per heavy atom. The molecule has 0 fully saturated rings. The predicted molar refractivity (Wildman–Crippen MR) is 148 cm³/mol. The molecule has 3 heterocycles. The summed E-state index contributed by atoms with van der Waals surface area (Å²) in [5.41, 5.74) is 4.25. The Kier molecular flexibility index (Phi) is 6.51. The molecule has 0 aliphatic carbocycles. The minimum atomic E-state index is -0.626. The summed E-state index contributed by atoms with van der Waals surface area (Å²) < 4.78 is 23.2. The van der Waals surface area contributed by atoms with Gasteiger partial charge in [-0.05, 0) is 78.9 Å². The highest BCUT2D eigenvalue weighted by Crippen LogP contribution is 2.41. The van der Waals surface area contributed by atoms with Crippen molar-refractivity contribution < 1.29 is 23.4 Å². The quantitative estimate of drug-likeness (QED) is 0.246. The van der Waals surface area contributed by atoms with E-state index in [1.807, 2.05) is 68.4 Å². The molecule has 2 aliphatic rings. The smallest absolute Gasteiger partial charge is 0.291 e. The maximum absolute atomic E-state index is 14.0. The number of carbonyl (C=O) groups is 1. The number of hydrogen-bond acceptors (Lipinski definition) is 6. The maximum atomic E-state index is 14.0. The van der Waals surface area contributed by atoms with Gasteiger partial charge in [0.05, 0.1) is 23.6 Å². The van der Waals surface area contributed by atoms with Crippen LogP contribution < -0.4 is 19.6 Å². The number of hydrogen-bond donors (Lipinski definition) is 0. The summed E-state index contributed by atoms with van der Waals surface area (Å²) in [7, 11) is 0. The molecule has 0 saturated carbocycles. The molecule has 1 aromatic heterocycles. The molecule has 1 amide bonds. The van der Waals surface area contributed by atoms with Gasteiger partial charge in [0.25, 0.3) is 5.91 Å². The van der Waals surface area contributed by atoms with Crippen LogP contribution in [0.1, 0.15) is 70.6 Å². The number of fused-ring (bicyclic) bond motifs is 3. The third kappa shape index (κ3) is 4.52. The van der Waals surface area contributed by atoms with Gasteiger partial charge >= 0.3 is 0 Å². The molecule has 0 saturated heterocycles. The van der Waals surface area contributed by atoms with E-state index in [1.165, 1.54) is 0 Å². The van der Waals surface area contributed by atoms with Gasteiger partial charge in [0.15, 0.2) is 16.9 Å². The van der Waals surface area contributed by atoms with E-state index in [1.54, 1.807) is 4.90 Å². The lowest BCUT2D eigenvalue weighted by Gasteiger charge is -2.25. The van der Waals surface area contributed by atoms with Crippen molar-refractivity contribution in [2.45, 2.75) is 52.6 Å². The van der Waals surface area contributed by atoms with E-state index in [-0.39, 0.29) is 30.4 Å². The number of aryl methyl sites for hydroxylation is 2. The number of amides is 1. The molecule has 2 aliphatic heterocycles. The van der Waals surface area contributed by atoms with Crippen LogP contribution >= 0.6 is 0 Å². The Hall–Kier alpha value is -4.26. The topological polar surface area (TPSA) is 78.2 Å². The molecule has 0 radical (unpaired) electrons. The Labute approximate surface area is 226 Å². The van der Waals surface area contributed by atoms with Crippen LogP contribution in [-0.2, 0) is 6.54 Å². The molecule has 39 heavy (non-hydrogen) atoms. The van der Waals surface area contributed by atoms with E-state index in [2.05, 4.69) is 6.92 Å². The third-order valence-corrected chi connectivity index (χ3v) is 7.56. The van der Waals surface area contributed by atoms with Crippen LogP contribution in [-0.4, -0.2) is 24.2 Å². The molecule has 4 aromatic rings.